The van der Waals surface area contributed by atoms with Gasteiger partial charge in [-0.2, -0.15) is 4.31 Å². The molecule has 1 aromatic rings. The summed E-state index contributed by atoms with van der Waals surface area (Å²) in [4.78, 5) is 23.6. The van der Waals surface area contributed by atoms with Crippen molar-refractivity contribution in [2.75, 3.05) is 33.3 Å². The molecular weight excluding hydrogens is 348 g/mol. The lowest BCUT2D eigenvalue weighted by atomic mass is 10.2. The van der Waals surface area contributed by atoms with Crippen LogP contribution in [0.2, 0.25) is 5.02 Å². The quantitative estimate of drug-likeness (QED) is 0.863. The van der Waals surface area contributed by atoms with E-state index in [9.17, 15) is 18.0 Å². The van der Waals surface area contributed by atoms with Gasteiger partial charge in [0.05, 0.1) is 17.7 Å². The molecule has 1 aliphatic heterocycles. The second-order valence-corrected chi connectivity index (χ2v) is 7.13. The predicted molar refractivity (Wildman–Crippen MR) is 81.1 cm³/mol. The molecule has 1 saturated heterocycles. The molecule has 0 radical (unpaired) electrons. The van der Waals surface area contributed by atoms with Crippen molar-refractivity contribution in [3.8, 4) is 0 Å². The third-order valence-electron chi connectivity index (χ3n) is 3.47. The summed E-state index contributed by atoms with van der Waals surface area (Å²) in [5.41, 5.74) is -0.166. The number of hydrogen-bond acceptors (Lipinski definition) is 5. The number of carbonyl (C=O) groups excluding carboxylic acids is 1. The fourth-order valence-electron chi connectivity index (χ4n) is 2.21. The number of sulfonamides is 1. The van der Waals surface area contributed by atoms with Gasteiger partial charge >= 0.3 is 12.1 Å². The molecule has 0 atom stereocenters. The molecule has 8 nitrogen and oxygen atoms in total. The average Bonchev–Trinajstić information content (AvgIpc) is 2.54. The summed E-state index contributed by atoms with van der Waals surface area (Å²) in [6, 6.07) is 3.51. The number of carbonyl (C=O) groups is 2. The maximum Gasteiger partial charge on any atom is 0.409 e. The van der Waals surface area contributed by atoms with Gasteiger partial charge in [0.15, 0.2) is 0 Å². The van der Waals surface area contributed by atoms with Crippen molar-refractivity contribution >= 4 is 33.7 Å². The molecule has 2 rings (SSSR count). The fourth-order valence-corrected chi connectivity index (χ4v) is 4.14. The normalized spacial score (nSPS) is 16.2. The number of carboxylic acid groups (broad SMARTS) is 1. The van der Waals surface area contributed by atoms with Crippen molar-refractivity contribution in [2.24, 2.45) is 0 Å². The van der Waals surface area contributed by atoms with Crippen molar-refractivity contribution in [3.63, 3.8) is 0 Å². The molecule has 23 heavy (non-hydrogen) atoms. The summed E-state index contributed by atoms with van der Waals surface area (Å²) in [7, 11) is -2.69. The number of methoxy groups -OCH3 is 1. The first kappa shape index (κ1) is 17.5. The lowest BCUT2D eigenvalue weighted by Crippen LogP contribution is -2.50. The van der Waals surface area contributed by atoms with Crippen LogP contribution in [0.4, 0.5) is 4.79 Å². The molecule has 1 N–H and O–H groups in total. The van der Waals surface area contributed by atoms with E-state index in [1.54, 1.807) is 0 Å². The number of aromatic carboxylic acids is 1. The van der Waals surface area contributed by atoms with E-state index in [4.69, 9.17) is 16.7 Å². The molecule has 1 amide bonds. The fraction of sp³-hybridized carbons (Fsp3) is 0.385. The predicted octanol–water partition coefficient (Wildman–Crippen LogP) is 1.11. The number of rotatable bonds is 3. The van der Waals surface area contributed by atoms with Gasteiger partial charge in [-0.05, 0) is 18.2 Å². The van der Waals surface area contributed by atoms with E-state index in [1.807, 2.05) is 0 Å². The van der Waals surface area contributed by atoms with Crippen molar-refractivity contribution in [2.45, 2.75) is 4.90 Å². The highest BCUT2D eigenvalue weighted by Crippen LogP contribution is 2.26. The zero-order valence-corrected chi connectivity index (χ0v) is 13.8. The Morgan fingerprint density at radius 1 is 1.22 bits per heavy atom. The average molecular weight is 363 g/mol. The molecule has 1 aromatic carbocycles. The van der Waals surface area contributed by atoms with Gasteiger partial charge in [-0.15, -0.1) is 0 Å². The van der Waals surface area contributed by atoms with Crippen LogP contribution in [0.5, 0.6) is 0 Å². The highest BCUT2D eigenvalue weighted by atomic mass is 35.5. The third kappa shape index (κ3) is 3.57. The lowest BCUT2D eigenvalue weighted by molar-refractivity contribution is 0.0696. The zero-order valence-electron chi connectivity index (χ0n) is 12.2. The molecule has 1 aliphatic rings. The van der Waals surface area contributed by atoms with Crippen LogP contribution < -0.4 is 0 Å². The van der Waals surface area contributed by atoms with Gasteiger partial charge in [0, 0.05) is 26.2 Å². The van der Waals surface area contributed by atoms with E-state index in [2.05, 4.69) is 4.74 Å². The Hall–Kier alpha value is -1.84. The van der Waals surface area contributed by atoms with Gasteiger partial charge in [0.25, 0.3) is 0 Å². The van der Waals surface area contributed by atoms with Gasteiger partial charge in [-0.1, -0.05) is 11.6 Å². The largest absolute Gasteiger partial charge is 0.478 e. The maximum atomic E-state index is 12.6. The van der Waals surface area contributed by atoms with Gasteiger partial charge in [0.1, 0.15) is 4.90 Å². The van der Waals surface area contributed by atoms with Crippen molar-refractivity contribution < 1.29 is 27.9 Å². The smallest absolute Gasteiger partial charge is 0.409 e. The molecule has 10 heteroatoms. The molecule has 0 unspecified atom stereocenters. The monoisotopic (exact) mass is 362 g/mol. The van der Waals surface area contributed by atoms with Crippen molar-refractivity contribution in [3.05, 3.63) is 28.8 Å². The summed E-state index contributed by atoms with van der Waals surface area (Å²) in [5, 5.41) is 8.94. The van der Waals surface area contributed by atoms with E-state index in [1.165, 1.54) is 28.4 Å². The van der Waals surface area contributed by atoms with Crippen LogP contribution in [0.25, 0.3) is 0 Å². The minimum absolute atomic E-state index is 0.0506. The van der Waals surface area contributed by atoms with Crippen LogP contribution in [-0.4, -0.2) is 68.1 Å². The van der Waals surface area contributed by atoms with Crippen molar-refractivity contribution in [1.29, 1.82) is 0 Å². The van der Waals surface area contributed by atoms with Crippen LogP contribution >= 0.6 is 11.6 Å². The van der Waals surface area contributed by atoms with E-state index >= 15 is 0 Å². The number of ether oxygens (including phenoxy) is 1. The van der Waals surface area contributed by atoms with Gasteiger partial charge in [-0.3, -0.25) is 0 Å². The Labute approximate surface area is 138 Å². The minimum Gasteiger partial charge on any atom is -0.478 e. The third-order valence-corrected chi connectivity index (χ3v) is 5.85. The minimum atomic E-state index is -3.95. The van der Waals surface area contributed by atoms with E-state index in [0.717, 1.165) is 6.07 Å². The molecule has 0 bridgehead atoms. The molecule has 126 valence electrons. The number of halogens is 1. The van der Waals surface area contributed by atoms with Crippen molar-refractivity contribution in [1.82, 2.24) is 9.21 Å². The van der Waals surface area contributed by atoms with Crippen LogP contribution in [0, 0.1) is 0 Å². The van der Waals surface area contributed by atoms with Crippen LogP contribution in [-0.2, 0) is 14.8 Å². The summed E-state index contributed by atoms with van der Waals surface area (Å²) < 4.78 is 31.0. The van der Waals surface area contributed by atoms with Crippen LogP contribution in [0.1, 0.15) is 10.4 Å². The molecule has 0 spiro atoms. The molecule has 0 aromatic heterocycles. The van der Waals surface area contributed by atoms with E-state index in [-0.39, 0.29) is 41.7 Å². The van der Waals surface area contributed by atoms with Crippen LogP contribution in [0.3, 0.4) is 0 Å². The Kier molecular flexibility index (Phi) is 5.12. The summed E-state index contributed by atoms with van der Waals surface area (Å²) in [6.45, 7) is 0.514. The molecular formula is C13H15ClN2O6S. The van der Waals surface area contributed by atoms with E-state index < -0.39 is 22.1 Å². The van der Waals surface area contributed by atoms with Gasteiger partial charge in [-0.25, -0.2) is 18.0 Å². The SMILES string of the molecule is COC(=O)N1CCN(S(=O)(=O)c2cc(C(=O)O)ccc2Cl)CC1. The maximum absolute atomic E-state index is 12.6. The number of amides is 1. The number of carboxylic acids is 1. The number of piperazine rings is 1. The Bertz CT molecular complexity index is 728. The van der Waals surface area contributed by atoms with Gasteiger partial charge < -0.3 is 14.7 Å². The number of hydrogen-bond donors (Lipinski definition) is 1. The molecule has 1 fully saturated rings. The Morgan fingerprint density at radius 2 is 1.83 bits per heavy atom. The molecule has 0 saturated carbocycles. The highest BCUT2D eigenvalue weighted by molar-refractivity contribution is 7.89. The second-order valence-electron chi connectivity index (χ2n) is 4.81. The topological polar surface area (TPSA) is 104 Å². The molecule has 0 aliphatic carbocycles. The summed E-state index contributed by atoms with van der Waals surface area (Å²) >= 11 is 5.92. The lowest BCUT2D eigenvalue weighted by Gasteiger charge is -2.33. The van der Waals surface area contributed by atoms with E-state index in [0.29, 0.717) is 0 Å². The highest BCUT2D eigenvalue weighted by Gasteiger charge is 2.32. The Morgan fingerprint density at radius 3 is 2.35 bits per heavy atom. The second kappa shape index (κ2) is 6.73. The summed E-state index contributed by atoms with van der Waals surface area (Å²) in [5.74, 6) is -1.24. The first-order valence-corrected chi connectivity index (χ1v) is 8.45. The number of nitrogens with zero attached hydrogens (tertiary/aromatic N) is 2. The van der Waals surface area contributed by atoms with Gasteiger partial charge in [0.2, 0.25) is 10.0 Å². The standard InChI is InChI=1S/C13H15ClN2O6S/c1-22-13(19)15-4-6-16(7-5-15)23(20,21)11-8-9(12(17)18)2-3-10(11)14/h2-3,8H,4-7H2,1H3,(H,17,18). The first-order chi connectivity index (χ1) is 10.8. The zero-order chi connectivity index (χ0) is 17.2. The first-order valence-electron chi connectivity index (χ1n) is 6.63. The number of benzene rings is 1. The molecule has 1 heterocycles. The van der Waals surface area contributed by atoms with Crippen LogP contribution in [0.15, 0.2) is 23.1 Å². The Balaban J connectivity index is 2.25. The summed E-state index contributed by atoms with van der Waals surface area (Å²) in [6.07, 6.45) is -0.520.